The zero-order valence-corrected chi connectivity index (χ0v) is 24.6. The molecule has 8 nitrogen and oxygen atoms in total. The molecule has 3 aromatic rings. The molecule has 40 heavy (non-hydrogen) atoms. The first-order valence-electron chi connectivity index (χ1n) is 13.3. The summed E-state index contributed by atoms with van der Waals surface area (Å²) in [6.45, 7) is 5.55. The Hall–Kier alpha value is -3.85. The number of hydrogen-bond donors (Lipinski definition) is 1. The fourth-order valence-corrected chi connectivity index (χ4v) is 5.10. The van der Waals surface area contributed by atoms with Gasteiger partial charge in [0.2, 0.25) is 21.8 Å². The van der Waals surface area contributed by atoms with E-state index in [2.05, 4.69) is 5.32 Å². The van der Waals surface area contributed by atoms with Gasteiger partial charge in [-0.1, -0.05) is 67.1 Å². The SMILES string of the molecule is CCC(C)NC(=O)C(Cc1ccccc1)N(Cc1ccc(C)cc1)C(=O)CN(c1ccc(OC)cc1)S(C)(=O)=O. The molecule has 3 rings (SSSR count). The van der Waals surface area contributed by atoms with E-state index in [1.165, 1.54) is 12.0 Å². The molecule has 0 bridgehead atoms. The van der Waals surface area contributed by atoms with Crippen molar-refractivity contribution in [2.75, 3.05) is 24.2 Å². The Morgan fingerprint density at radius 3 is 2.10 bits per heavy atom. The van der Waals surface area contributed by atoms with Crippen molar-refractivity contribution in [2.45, 2.75) is 52.2 Å². The van der Waals surface area contributed by atoms with Crippen LogP contribution >= 0.6 is 0 Å². The molecule has 0 heterocycles. The van der Waals surface area contributed by atoms with Gasteiger partial charge >= 0.3 is 0 Å². The van der Waals surface area contributed by atoms with Crippen LogP contribution < -0.4 is 14.4 Å². The Morgan fingerprint density at radius 2 is 1.55 bits per heavy atom. The van der Waals surface area contributed by atoms with E-state index in [0.29, 0.717) is 11.4 Å². The molecule has 0 aliphatic carbocycles. The lowest BCUT2D eigenvalue weighted by molar-refractivity contribution is -0.140. The van der Waals surface area contributed by atoms with Gasteiger partial charge in [0.05, 0.1) is 19.1 Å². The molecule has 2 amide bonds. The molecule has 0 saturated carbocycles. The van der Waals surface area contributed by atoms with E-state index in [1.54, 1.807) is 24.3 Å². The van der Waals surface area contributed by atoms with Crippen molar-refractivity contribution < 1.29 is 22.7 Å². The minimum atomic E-state index is -3.83. The maximum Gasteiger partial charge on any atom is 0.244 e. The van der Waals surface area contributed by atoms with E-state index in [4.69, 9.17) is 4.74 Å². The lowest BCUT2D eigenvalue weighted by Crippen LogP contribution is -2.54. The number of anilines is 1. The number of nitrogens with zero attached hydrogens (tertiary/aromatic N) is 2. The van der Waals surface area contributed by atoms with Gasteiger partial charge in [0.25, 0.3) is 0 Å². The van der Waals surface area contributed by atoms with Gasteiger partial charge in [0.1, 0.15) is 18.3 Å². The van der Waals surface area contributed by atoms with E-state index in [0.717, 1.165) is 33.7 Å². The highest BCUT2D eigenvalue weighted by molar-refractivity contribution is 7.92. The van der Waals surface area contributed by atoms with Gasteiger partial charge in [-0.2, -0.15) is 0 Å². The number of nitrogens with one attached hydrogen (secondary N) is 1. The van der Waals surface area contributed by atoms with Crippen molar-refractivity contribution in [1.82, 2.24) is 10.2 Å². The number of carbonyl (C=O) groups excluding carboxylic acids is 2. The molecule has 2 atom stereocenters. The summed E-state index contributed by atoms with van der Waals surface area (Å²) in [6.07, 6.45) is 2.07. The van der Waals surface area contributed by atoms with Crippen molar-refractivity contribution >= 4 is 27.5 Å². The van der Waals surface area contributed by atoms with Gasteiger partial charge in [-0.05, 0) is 55.7 Å². The molecule has 0 saturated heterocycles. The fourth-order valence-electron chi connectivity index (χ4n) is 4.25. The lowest BCUT2D eigenvalue weighted by Gasteiger charge is -2.34. The van der Waals surface area contributed by atoms with Crippen molar-refractivity contribution in [3.8, 4) is 5.75 Å². The van der Waals surface area contributed by atoms with Crippen molar-refractivity contribution in [2.24, 2.45) is 0 Å². The first-order chi connectivity index (χ1) is 19.0. The van der Waals surface area contributed by atoms with Gasteiger partial charge < -0.3 is 15.0 Å². The van der Waals surface area contributed by atoms with E-state index in [1.807, 2.05) is 75.4 Å². The average molecular weight is 566 g/mol. The van der Waals surface area contributed by atoms with Crippen molar-refractivity contribution in [3.63, 3.8) is 0 Å². The van der Waals surface area contributed by atoms with E-state index >= 15 is 0 Å². The van der Waals surface area contributed by atoms with Crippen LogP contribution in [0.15, 0.2) is 78.9 Å². The Kier molecular flexibility index (Phi) is 10.7. The first kappa shape index (κ1) is 30.7. The van der Waals surface area contributed by atoms with Crippen LogP contribution in [0.4, 0.5) is 5.69 Å². The summed E-state index contributed by atoms with van der Waals surface area (Å²) in [7, 11) is -2.31. The summed E-state index contributed by atoms with van der Waals surface area (Å²) < 4.78 is 32.0. The van der Waals surface area contributed by atoms with Gasteiger partial charge in [0.15, 0.2) is 0 Å². The molecule has 3 aromatic carbocycles. The van der Waals surface area contributed by atoms with Crippen LogP contribution in [0, 0.1) is 6.92 Å². The second kappa shape index (κ2) is 14.0. The summed E-state index contributed by atoms with van der Waals surface area (Å²) in [5, 5.41) is 3.03. The summed E-state index contributed by atoms with van der Waals surface area (Å²) in [5.74, 6) is -0.203. The van der Waals surface area contributed by atoms with Gasteiger partial charge in [-0.15, -0.1) is 0 Å². The monoisotopic (exact) mass is 565 g/mol. The summed E-state index contributed by atoms with van der Waals surface area (Å²) >= 11 is 0. The van der Waals surface area contributed by atoms with Crippen LogP contribution in [0.5, 0.6) is 5.75 Å². The number of sulfonamides is 1. The minimum Gasteiger partial charge on any atom is -0.497 e. The maximum absolute atomic E-state index is 14.1. The molecule has 0 aliphatic heterocycles. The average Bonchev–Trinajstić information content (AvgIpc) is 2.94. The Morgan fingerprint density at radius 1 is 0.925 bits per heavy atom. The number of benzene rings is 3. The van der Waals surface area contributed by atoms with E-state index < -0.39 is 28.5 Å². The summed E-state index contributed by atoms with van der Waals surface area (Å²) in [4.78, 5) is 29.3. The third-order valence-corrected chi connectivity index (χ3v) is 7.93. The highest BCUT2D eigenvalue weighted by Crippen LogP contribution is 2.23. The normalized spacial score (nSPS) is 12.7. The molecular weight excluding hydrogens is 526 g/mol. The number of amides is 2. The third kappa shape index (κ3) is 8.58. The molecule has 1 N–H and O–H groups in total. The maximum atomic E-state index is 14.1. The van der Waals surface area contributed by atoms with Crippen molar-refractivity contribution in [3.05, 3.63) is 95.6 Å². The number of hydrogen-bond acceptors (Lipinski definition) is 5. The molecule has 0 aliphatic rings. The highest BCUT2D eigenvalue weighted by Gasteiger charge is 2.33. The number of ether oxygens (including phenoxy) is 1. The first-order valence-corrected chi connectivity index (χ1v) is 15.2. The van der Waals surface area contributed by atoms with Gasteiger partial charge in [-0.25, -0.2) is 8.42 Å². The van der Waals surface area contributed by atoms with Crippen LogP contribution in [-0.2, 0) is 32.6 Å². The molecule has 2 unspecified atom stereocenters. The molecule has 0 fully saturated rings. The smallest absolute Gasteiger partial charge is 0.244 e. The van der Waals surface area contributed by atoms with Crippen LogP contribution in [0.1, 0.15) is 37.0 Å². The third-order valence-electron chi connectivity index (χ3n) is 6.79. The summed E-state index contributed by atoms with van der Waals surface area (Å²) in [5.41, 5.74) is 3.13. The quantitative estimate of drug-likeness (QED) is 0.333. The Bertz CT molecular complexity index is 1360. The molecule has 0 spiro atoms. The highest BCUT2D eigenvalue weighted by atomic mass is 32.2. The number of methoxy groups -OCH3 is 1. The minimum absolute atomic E-state index is 0.0890. The zero-order chi connectivity index (χ0) is 29.3. The molecule has 214 valence electrons. The van der Waals surface area contributed by atoms with E-state index in [9.17, 15) is 18.0 Å². The summed E-state index contributed by atoms with van der Waals surface area (Å²) in [6, 6.07) is 22.7. The fraction of sp³-hybridized carbons (Fsp3) is 0.355. The molecule has 0 radical (unpaired) electrons. The number of carbonyl (C=O) groups is 2. The van der Waals surface area contributed by atoms with Crippen molar-refractivity contribution in [1.29, 1.82) is 0 Å². The molecular formula is C31H39N3O5S. The predicted molar refractivity (Wildman–Crippen MR) is 159 cm³/mol. The van der Waals surface area contributed by atoms with Crippen LogP contribution in [0.2, 0.25) is 0 Å². The standard InChI is InChI=1S/C31H39N3O5S/c1-6-24(3)32-31(36)29(20-25-10-8-7-9-11-25)33(21-26-14-12-23(2)13-15-26)30(35)22-34(40(5,37)38)27-16-18-28(39-4)19-17-27/h7-19,24,29H,6,20-22H2,1-5H3,(H,32,36). The second-order valence-corrected chi connectivity index (χ2v) is 11.9. The van der Waals surface area contributed by atoms with E-state index in [-0.39, 0.29) is 24.9 Å². The predicted octanol–water partition coefficient (Wildman–Crippen LogP) is 4.32. The Labute approximate surface area is 238 Å². The number of aryl methyl sites for hydroxylation is 1. The topological polar surface area (TPSA) is 96.0 Å². The van der Waals surface area contributed by atoms with Crippen LogP contribution in [0.25, 0.3) is 0 Å². The molecule has 9 heteroatoms. The second-order valence-electron chi connectivity index (χ2n) is 10.00. The van der Waals surface area contributed by atoms with Crippen LogP contribution in [0.3, 0.4) is 0 Å². The van der Waals surface area contributed by atoms with Gasteiger partial charge in [-0.3, -0.25) is 13.9 Å². The largest absolute Gasteiger partial charge is 0.497 e. The molecule has 0 aromatic heterocycles. The lowest BCUT2D eigenvalue weighted by atomic mass is 10.0. The van der Waals surface area contributed by atoms with Crippen LogP contribution in [-0.4, -0.2) is 57.1 Å². The zero-order valence-electron chi connectivity index (χ0n) is 23.8. The number of rotatable bonds is 13. The van der Waals surface area contributed by atoms with Gasteiger partial charge in [0, 0.05) is 19.0 Å². The Balaban J connectivity index is 2.04.